The number of methoxy groups -OCH3 is 1. The van der Waals surface area contributed by atoms with Gasteiger partial charge in [0.25, 0.3) is 5.91 Å². The lowest BCUT2D eigenvalue weighted by atomic mass is 9.85. The zero-order valence-electron chi connectivity index (χ0n) is 27.7. The number of halogens is 2. The number of carbonyl (C=O) groups is 2. The number of rotatable bonds is 10. The van der Waals surface area contributed by atoms with Gasteiger partial charge in [-0.05, 0) is 91.3 Å². The molecule has 7 nitrogen and oxygen atoms in total. The van der Waals surface area contributed by atoms with Crippen molar-refractivity contribution in [1.82, 2.24) is 9.88 Å². The molecule has 46 heavy (non-hydrogen) atoms. The lowest BCUT2D eigenvalue weighted by Crippen LogP contribution is -2.62. The summed E-state index contributed by atoms with van der Waals surface area (Å²) in [7, 11) is -0.803. The Morgan fingerprint density at radius 3 is 2.33 bits per heavy atom. The summed E-state index contributed by atoms with van der Waals surface area (Å²) >= 11 is 12.9. The molecule has 1 amide bonds. The maximum atomic E-state index is 15.1. The van der Waals surface area contributed by atoms with Gasteiger partial charge in [0, 0.05) is 28.4 Å². The topological polar surface area (TPSA) is 78.0 Å². The summed E-state index contributed by atoms with van der Waals surface area (Å²) < 4.78 is 18.7. The molecular weight excluding hydrogens is 639 g/mol. The van der Waals surface area contributed by atoms with Gasteiger partial charge in [0.05, 0.1) is 31.4 Å². The first-order valence-corrected chi connectivity index (χ1v) is 19.5. The zero-order valence-corrected chi connectivity index (χ0v) is 30.2. The van der Waals surface area contributed by atoms with Crippen LogP contribution < -0.4 is 0 Å². The highest BCUT2D eigenvalue weighted by molar-refractivity contribution is 6.74. The van der Waals surface area contributed by atoms with Crippen LogP contribution in [0.25, 0.3) is 0 Å². The molecule has 2 heterocycles. The molecule has 1 aliphatic heterocycles. The first kappa shape index (κ1) is 34.6. The minimum absolute atomic E-state index is 0.0194. The molecule has 3 aromatic rings. The fourth-order valence-corrected chi connectivity index (χ4v) is 7.24. The molecule has 1 saturated carbocycles. The van der Waals surface area contributed by atoms with Crippen molar-refractivity contribution in [2.24, 2.45) is 5.92 Å². The van der Waals surface area contributed by atoms with Crippen LogP contribution in [0.5, 0.6) is 0 Å². The molecule has 5 rings (SSSR count). The molecule has 2 aliphatic rings. The van der Waals surface area contributed by atoms with Gasteiger partial charge in [0.2, 0.25) is 0 Å². The number of benzene rings is 2. The number of ether oxygens (including phenoxy) is 2. The molecule has 0 N–H and O–H groups in total. The summed E-state index contributed by atoms with van der Waals surface area (Å²) in [6.07, 6.45) is 3.18. The minimum Gasteiger partial charge on any atom is -0.465 e. The third-order valence-electron chi connectivity index (χ3n) is 9.76. The highest BCUT2D eigenvalue weighted by Crippen LogP contribution is 2.51. The minimum atomic E-state index is -2.13. The molecule has 2 aromatic carbocycles. The largest absolute Gasteiger partial charge is 0.465 e. The lowest BCUT2D eigenvalue weighted by molar-refractivity contribution is -0.205. The molecular formula is C36H44Cl2N2O5Si. The van der Waals surface area contributed by atoms with Crippen molar-refractivity contribution in [3.8, 4) is 0 Å². The number of carbonyl (C=O) groups excluding carboxylic acids is 2. The van der Waals surface area contributed by atoms with Crippen LogP contribution >= 0.6 is 23.2 Å². The number of hydrogen-bond acceptors (Lipinski definition) is 6. The molecule has 2 unspecified atom stereocenters. The Morgan fingerprint density at radius 1 is 1.07 bits per heavy atom. The van der Waals surface area contributed by atoms with Crippen molar-refractivity contribution >= 4 is 43.4 Å². The van der Waals surface area contributed by atoms with Crippen molar-refractivity contribution in [1.29, 1.82) is 0 Å². The summed E-state index contributed by atoms with van der Waals surface area (Å²) in [5.41, 5.74) is 1.47. The number of amides is 1. The van der Waals surface area contributed by atoms with Gasteiger partial charge in [0.1, 0.15) is 6.10 Å². The predicted molar refractivity (Wildman–Crippen MR) is 184 cm³/mol. The highest BCUT2D eigenvalue weighted by atomic mass is 35.5. The van der Waals surface area contributed by atoms with Crippen LogP contribution in [0.1, 0.15) is 79.9 Å². The number of esters is 1. The van der Waals surface area contributed by atoms with Gasteiger partial charge < -0.3 is 18.8 Å². The second kappa shape index (κ2) is 13.4. The van der Waals surface area contributed by atoms with Crippen LogP contribution in [0.3, 0.4) is 0 Å². The molecule has 1 saturated heterocycles. The molecule has 246 valence electrons. The van der Waals surface area contributed by atoms with Gasteiger partial charge in [0.15, 0.2) is 13.9 Å². The van der Waals surface area contributed by atoms with Crippen LogP contribution in [0.4, 0.5) is 0 Å². The summed E-state index contributed by atoms with van der Waals surface area (Å²) in [5, 5.41) is 1.22. The van der Waals surface area contributed by atoms with E-state index < -0.39 is 32.0 Å². The van der Waals surface area contributed by atoms with Crippen molar-refractivity contribution in [3.63, 3.8) is 0 Å². The van der Waals surface area contributed by atoms with Gasteiger partial charge in [-0.25, -0.2) is 4.79 Å². The summed E-state index contributed by atoms with van der Waals surface area (Å²) in [6.45, 7) is 13.5. The van der Waals surface area contributed by atoms with E-state index in [1.807, 2.05) is 60.4 Å². The molecule has 1 aliphatic carbocycles. The second-order valence-electron chi connectivity index (χ2n) is 14.2. The summed E-state index contributed by atoms with van der Waals surface area (Å²) in [4.78, 5) is 33.7. The predicted octanol–water partition coefficient (Wildman–Crippen LogP) is 8.62. The third kappa shape index (κ3) is 7.36. The number of pyridine rings is 1. The van der Waals surface area contributed by atoms with Crippen molar-refractivity contribution in [2.45, 2.75) is 88.9 Å². The zero-order chi connectivity index (χ0) is 33.4. The second-order valence-corrected chi connectivity index (χ2v) is 19.9. The van der Waals surface area contributed by atoms with E-state index in [4.69, 9.17) is 37.1 Å². The van der Waals surface area contributed by atoms with Crippen molar-refractivity contribution in [3.05, 3.63) is 99.3 Å². The maximum absolute atomic E-state index is 15.1. The monoisotopic (exact) mass is 682 g/mol. The molecule has 1 aromatic heterocycles. The SMILES string of the molecule is COC(=O)c1ccc(C[C@@]2(C)O[C@H](c3cccc(Cl)c3)C(c3ccc(Cl)cc3)N(C(CO[Si](C)(C)C(C)(C)C)C3CC3)C2=O)nc1. The fraction of sp³-hybridized carbons (Fsp3) is 0.472. The smallest absolute Gasteiger partial charge is 0.339 e. The van der Waals surface area contributed by atoms with Crippen molar-refractivity contribution in [2.75, 3.05) is 13.7 Å². The van der Waals surface area contributed by atoms with Gasteiger partial charge in [-0.2, -0.15) is 0 Å². The first-order valence-electron chi connectivity index (χ1n) is 15.8. The molecule has 10 heteroatoms. The van der Waals surface area contributed by atoms with Gasteiger partial charge in [-0.3, -0.25) is 9.78 Å². The van der Waals surface area contributed by atoms with Crippen LogP contribution in [0.2, 0.25) is 28.2 Å². The van der Waals surface area contributed by atoms with Gasteiger partial charge in [-0.15, -0.1) is 0 Å². The van der Waals surface area contributed by atoms with E-state index in [0.29, 0.717) is 33.8 Å². The third-order valence-corrected chi connectivity index (χ3v) is 14.7. The Kier molecular flexibility index (Phi) is 10.1. The maximum Gasteiger partial charge on any atom is 0.339 e. The normalized spacial score (nSPS) is 22.9. The number of nitrogens with zero attached hydrogens (tertiary/aromatic N) is 2. The molecule has 0 radical (unpaired) electrons. The summed E-state index contributed by atoms with van der Waals surface area (Å²) in [5.74, 6) is -0.286. The van der Waals surface area contributed by atoms with Gasteiger partial charge >= 0.3 is 5.97 Å². The molecule has 0 bridgehead atoms. The van der Waals surface area contributed by atoms with Crippen LogP contribution in [-0.4, -0.2) is 55.4 Å². The highest BCUT2D eigenvalue weighted by Gasteiger charge is 2.55. The van der Waals surface area contributed by atoms with E-state index in [0.717, 1.165) is 24.0 Å². The van der Waals surface area contributed by atoms with E-state index in [2.05, 4.69) is 38.8 Å². The van der Waals surface area contributed by atoms with E-state index in [-0.39, 0.29) is 23.4 Å². The Balaban J connectivity index is 1.62. The number of aromatic nitrogens is 1. The Morgan fingerprint density at radius 2 is 1.76 bits per heavy atom. The fourth-order valence-electron chi connectivity index (χ4n) is 5.89. The van der Waals surface area contributed by atoms with Crippen LogP contribution in [0.15, 0.2) is 66.9 Å². The molecule has 2 fully saturated rings. The van der Waals surface area contributed by atoms with Crippen LogP contribution in [-0.2, 0) is 25.1 Å². The first-order chi connectivity index (χ1) is 21.6. The van der Waals surface area contributed by atoms with E-state index in [9.17, 15) is 4.79 Å². The average molecular weight is 684 g/mol. The standard InChI is InChI=1S/C36H44Cl2N2O5Si/c1-35(2,3)46(6,7)44-22-30(23-11-12-23)40-31(24-13-16-27(37)17-14-24)32(25-9-8-10-28(38)19-25)45-36(4,34(40)42)20-29-18-15-26(21-39-29)33(41)43-5/h8-10,13-19,21,23,30-32H,11-12,20,22H2,1-7H3/t30?,31?,32-,36-/m1/s1. The molecule has 0 spiro atoms. The summed E-state index contributed by atoms with van der Waals surface area (Å²) in [6, 6.07) is 18.1. The van der Waals surface area contributed by atoms with E-state index >= 15 is 4.79 Å². The van der Waals surface area contributed by atoms with Gasteiger partial charge in [-0.1, -0.05) is 68.2 Å². The number of morpholine rings is 1. The van der Waals surface area contributed by atoms with Crippen molar-refractivity contribution < 1.29 is 23.5 Å². The molecule has 4 atom stereocenters. The van der Waals surface area contributed by atoms with E-state index in [1.54, 1.807) is 12.1 Å². The Bertz CT molecular complexity index is 1560. The lowest BCUT2D eigenvalue weighted by Gasteiger charge is -2.52. The van der Waals surface area contributed by atoms with Crippen LogP contribution in [0, 0.1) is 5.92 Å². The van der Waals surface area contributed by atoms with E-state index in [1.165, 1.54) is 13.3 Å². The Labute approximate surface area is 283 Å². The number of hydrogen-bond donors (Lipinski definition) is 0. The quantitative estimate of drug-likeness (QED) is 0.157. The average Bonchev–Trinajstić information content (AvgIpc) is 3.85. The Hall–Kier alpha value is -2.75.